The Labute approximate surface area is 114 Å². The minimum Gasteiger partial charge on any atom is -0.370 e. The Morgan fingerprint density at radius 3 is 2.74 bits per heavy atom. The molecular weight excluding hydrogens is 242 g/mol. The van der Waals surface area contributed by atoms with Crippen molar-refractivity contribution in [1.29, 1.82) is 0 Å². The maximum Gasteiger partial charge on any atom is 0.239 e. The van der Waals surface area contributed by atoms with Gasteiger partial charge in [-0.3, -0.25) is 4.79 Å². The van der Waals surface area contributed by atoms with E-state index in [1.54, 1.807) is 0 Å². The van der Waals surface area contributed by atoms with E-state index >= 15 is 0 Å². The molecule has 0 atom stereocenters. The lowest BCUT2D eigenvalue weighted by molar-refractivity contribution is -0.119. The first kappa shape index (κ1) is 15.2. The normalized spacial score (nSPS) is 10.1. The number of hydrogen-bond donors (Lipinski definition) is 2. The van der Waals surface area contributed by atoms with Gasteiger partial charge in [-0.1, -0.05) is 6.92 Å². The van der Waals surface area contributed by atoms with Crippen LogP contribution in [0.25, 0.3) is 0 Å². The van der Waals surface area contributed by atoms with E-state index < -0.39 is 0 Å². The van der Waals surface area contributed by atoms with Crippen LogP contribution in [0, 0.1) is 0 Å². The zero-order chi connectivity index (χ0) is 14.1. The maximum absolute atomic E-state index is 11.6. The molecule has 0 fully saturated rings. The highest BCUT2D eigenvalue weighted by Gasteiger charge is 2.11. The summed E-state index contributed by atoms with van der Waals surface area (Å²) < 4.78 is 0. The number of likely N-dealkylation sites (N-methyl/N-ethyl adjacent to an activating group) is 2. The third kappa shape index (κ3) is 5.11. The molecule has 1 aromatic heterocycles. The van der Waals surface area contributed by atoms with Crippen molar-refractivity contribution in [3.63, 3.8) is 0 Å². The fourth-order valence-corrected chi connectivity index (χ4v) is 1.65. The molecule has 2 N–H and O–H groups in total. The van der Waals surface area contributed by atoms with Crippen molar-refractivity contribution < 1.29 is 4.79 Å². The number of carbonyl (C=O) groups is 1. The second kappa shape index (κ2) is 8.29. The molecule has 0 bridgehead atoms. The summed E-state index contributed by atoms with van der Waals surface area (Å²) in [6.07, 6.45) is 2.56. The fraction of sp³-hybridized carbons (Fsp3) is 0.615. The molecule has 0 aliphatic heterocycles. The van der Waals surface area contributed by atoms with Gasteiger partial charge in [-0.2, -0.15) is 0 Å². The van der Waals surface area contributed by atoms with E-state index in [1.807, 2.05) is 24.8 Å². The lowest BCUT2D eigenvalue weighted by Crippen LogP contribution is -2.37. The highest BCUT2D eigenvalue weighted by Crippen LogP contribution is 2.13. The molecular formula is C13H23N5O. The van der Waals surface area contributed by atoms with Gasteiger partial charge in [0.05, 0.1) is 6.54 Å². The number of amides is 1. The van der Waals surface area contributed by atoms with Gasteiger partial charge in [0.2, 0.25) is 5.91 Å². The average molecular weight is 265 g/mol. The van der Waals surface area contributed by atoms with Gasteiger partial charge in [-0.25, -0.2) is 9.97 Å². The van der Waals surface area contributed by atoms with Gasteiger partial charge in [-0.15, -0.1) is 0 Å². The van der Waals surface area contributed by atoms with Crippen LogP contribution in [0.4, 0.5) is 11.6 Å². The van der Waals surface area contributed by atoms with Crippen LogP contribution in [-0.4, -0.2) is 42.1 Å². The first-order valence-electron chi connectivity index (χ1n) is 6.78. The Hall–Kier alpha value is -1.85. The van der Waals surface area contributed by atoms with Crippen molar-refractivity contribution in [3.05, 3.63) is 12.4 Å². The Balaban J connectivity index is 2.71. The van der Waals surface area contributed by atoms with E-state index in [4.69, 9.17) is 0 Å². The van der Waals surface area contributed by atoms with Gasteiger partial charge in [0.15, 0.2) is 0 Å². The summed E-state index contributed by atoms with van der Waals surface area (Å²) in [4.78, 5) is 21.9. The zero-order valence-corrected chi connectivity index (χ0v) is 11.9. The number of anilines is 2. The largest absolute Gasteiger partial charge is 0.370 e. The number of hydrogen-bond acceptors (Lipinski definition) is 5. The number of carbonyl (C=O) groups excluding carboxylic acids is 1. The average Bonchev–Trinajstić information content (AvgIpc) is 2.43. The third-order valence-corrected chi connectivity index (χ3v) is 2.62. The predicted molar refractivity (Wildman–Crippen MR) is 77.4 cm³/mol. The third-order valence-electron chi connectivity index (χ3n) is 2.62. The lowest BCUT2D eigenvalue weighted by Gasteiger charge is -2.21. The van der Waals surface area contributed by atoms with Gasteiger partial charge in [-0.05, 0) is 20.3 Å². The number of nitrogens with zero attached hydrogens (tertiary/aromatic N) is 3. The van der Waals surface area contributed by atoms with Crippen LogP contribution in [-0.2, 0) is 4.79 Å². The Morgan fingerprint density at radius 2 is 2.11 bits per heavy atom. The second-order valence-corrected chi connectivity index (χ2v) is 4.16. The topological polar surface area (TPSA) is 70.2 Å². The Bertz CT molecular complexity index is 396. The minimum absolute atomic E-state index is 0.00558. The smallest absolute Gasteiger partial charge is 0.239 e. The van der Waals surface area contributed by atoms with Crippen molar-refractivity contribution in [3.8, 4) is 0 Å². The van der Waals surface area contributed by atoms with Crippen LogP contribution in [0.15, 0.2) is 12.4 Å². The first-order valence-corrected chi connectivity index (χ1v) is 6.78. The maximum atomic E-state index is 11.6. The molecule has 6 heteroatoms. The molecule has 1 rings (SSSR count). The van der Waals surface area contributed by atoms with Gasteiger partial charge < -0.3 is 15.5 Å². The van der Waals surface area contributed by atoms with Crippen molar-refractivity contribution in [2.45, 2.75) is 27.2 Å². The monoisotopic (exact) mass is 265 g/mol. The van der Waals surface area contributed by atoms with Crippen molar-refractivity contribution in [1.82, 2.24) is 15.3 Å². The first-order chi connectivity index (χ1) is 9.21. The number of nitrogens with one attached hydrogen (secondary N) is 2. The molecule has 0 saturated carbocycles. The van der Waals surface area contributed by atoms with Crippen LogP contribution >= 0.6 is 0 Å². The van der Waals surface area contributed by atoms with Crippen LogP contribution in [0.5, 0.6) is 0 Å². The summed E-state index contributed by atoms with van der Waals surface area (Å²) in [6.45, 7) is 8.56. The molecule has 6 nitrogen and oxygen atoms in total. The summed E-state index contributed by atoms with van der Waals surface area (Å²) in [5.41, 5.74) is 0. The van der Waals surface area contributed by atoms with Crippen LogP contribution in [0.3, 0.4) is 0 Å². The van der Waals surface area contributed by atoms with Crippen molar-refractivity contribution in [2.24, 2.45) is 0 Å². The molecule has 19 heavy (non-hydrogen) atoms. The van der Waals surface area contributed by atoms with Gasteiger partial charge in [0.1, 0.15) is 18.0 Å². The molecule has 0 unspecified atom stereocenters. The molecule has 0 aliphatic carbocycles. The van der Waals surface area contributed by atoms with Gasteiger partial charge in [0.25, 0.3) is 0 Å². The van der Waals surface area contributed by atoms with Gasteiger partial charge >= 0.3 is 0 Å². The molecule has 106 valence electrons. The van der Waals surface area contributed by atoms with E-state index in [0.29, 0.717) is 13.1 Å². The number of rotatable bonds is 8. The molecule has 1 heterocycles. The molecule has 0 aliphatic rings. The molecule has 0 aromatic carbocycles. The van der Waals surface area contributed by atoms with Gasteiger partial charge in [0, 0.05) is 25.7 Å². The summed E-state index contributed by atoms with van der Waals surface area (Å²) in [5, 5.41) is 6.00. The van der Waals surface area contributed by atoms with Crippen molar-refractivity contribution >= 4 is 17.5 Å². The second-order valence-electron chi connectivity index (χ2n) is 4.16. The van der Waals surface area contributed by atoms with E-state index in [0.717, 1.165) is 31.1 Å². The zero-order valence-electron chi connectivity index (χ0n) is 11.9. The molecule has 0 radical (unpaired) electrons. The summed E-state index contributed by atoms with van der Waals surface area (Å²) in [6, 6.07) is 1.87. The van der Waals surface area contributed by atoms with E-state index in [9.17, 15) is 4.79 Å². The Kier molecular flexibility index (Phi) is 6.63. The minimum atomic E-state index is 0.00558. The Morgan fingerprint density at radius 1 is 1.32 bits per heavy atom. The molecule has 0 saturated heterocycles. The highest BCUT2D eigenvalue weighted by molar-refractivity contribution is 5.81. The standard InChI is InChI=1S/C13H23N5O/c1-4-7-15-11-8-12(17-10-16-11)18(6-3)9-13(19)14-5-2/h8,10H,4-7,9H2,1-3H3,(H,14,19)(H,15,16,17). The summed E-state index contributed by atoms with van der Waals surface area (Å²) in [5.74, 6) is 1.56. The van der Waals surface area contributed by atoms with Crippen molar-refractivity contribution in [2.75, 3.05) is 36.4 Å². The van der Waals surface area contributed by atoms with E-state index in [1.165, 1.54) is 6.33 Å². The highest BCUT2D eigenvalue weighted by atomic mass is 16.2. The predicted octanol–water partition coefficient (Wildman–Crippen LogP) is 1.26. The molecule has 1 aromatic rings. The van der Waals surface area contributed by atoms with E-state index in [-0.39, 0.29) is 5.91 Å². The number of aromatic nitrogens is 2. The quantitative estimate of drug-likeness (QED) is 0.740. The lowest BCUT2D eigenvalue weighted by atomic mass is 10.4. The summed E-state index contributed by atoms with van der Waals surface area (Å²) >= 11 is 0. The summed E-state index contributed by atoms with van der Waals surface area (Å²) in [7, 11) is 0. The molecule has 1 amide bonds. The molecule has 0 spiro atoms. The SMILES string of the molecule is CCCNc1cc(N(CC)CC(=O)NCC)ncn1. The van der Waals surface area contributed by atoms with E-state index in [2.05, 4.69) is 27.5 Å². The van der Waals surface area contributed by atoms with Crippen LogP contribution in [0.2, 0.25) is 0 Å². The van der Waals surface area contributed by atoms with Crippen LogP contribution in [0.1, 0.15) is 27.2 Å². The fourth-order valence-electron chi connectivity index (χ4n) is 1.65. The van der Waals surface area contributed by atoms with Crippen LogP contribution < -0.4 is 15.5 Å².